The third-order valence-corrected chi connectivity index (χ3v) is 4.88. The van der Waals surface area contributed by atoms with Crippen LogP contribution in [0.2, 0.25) is 5.02 Å². The molecule has 1 aromatic carbocycles. The van der Waals surface area contributed by atoms with Crippen molar-refractivity contribution in [2.24, 2.45) is 11.3 Å². The van der Waals surface area contributed by atoms with Gasteiger partial charge in [-0.3, -0.25) is 0 Å². The molecule has 0 radical (unpaired) electrons. The van der Waals surface area contributed by atoms with Crippen molar-refractivity contribution in [2.45, 2.75) is 52.5 Å². The molecule has 19 heavy (non-hydrogen) atoms. The van der Waals surface area contributed by atoms with Gasteiger partial charge in [-0.05, 0) is 54.3 Å². The fourth-order valence-electron chi connectivity index (χ4n) is 2.47. The highest BCUT2D eigenvalue weighted by Crippen LogP contribution is 2.38. The molecule has 0 amide bonds. The van der Waals surface area contributed by atoms with E-state index >= 15 is 0 Å². The molecular weight excluding hydrogens is 254 g/mol. The second-order valence-electron chi connectivity index (χ2n) is 7.10. The molecule has 1 fully saturated rings. The zero-order valence-corrected chi connectivity index (χ0v) is 13.3. The predicted molar refractivity (Wildman–Crippen MR) is 83.8 cm³/mol. The summed E-state index contributed by atoms with van der Waals surface area (Å²) < 4.78 is 0. The molecular formula is C17H26ClN. The summed E-state index contributed by atoms with van der Waals surface area (Å²) in [7, 11) is 0. The van der Waals surface area contributed by atoms with Crippen molar-refractivity contribution < 1.29 is 0 Å². The molecule has 0 aliphatic heterocycles. The lowest BCUT2D eigenvalue weighted by Gasteiger charge is -2.38. The largest absolute Gasteiger partial charge is 0.314 e. The van der Waals surface area contributed by atoms with Crippen LogP contribution in [0.25, 0.3) is 0 Å². The molecule has 0 aromatic heterocycles. The Labute approximate surface area is 122 Å². The van der Waals surface area contributed by atoms with E-state index in [4.69, 9.17) is 11.6 Å². The van der Waals surface area contributed by atoms with Crippen molar-refractivity contribution in [1.82, 2.24) is 5.32 Å². The van der Waals surface area contributed by atoms with E-state index in [1.165, 1.54) is 18.4 Å². The Hall–Kier alpha value is -0.530. The van der Waals surface area contributed by atoms with Gasteiger partial charge in [-0.1, -0.05) is 51.4 Å². The van der Waals surface area contributed by atoms with E-state index in [0.29, 0.717) is 23.3 Å². The Morgan fingerprint density at radius 3 is 2.58 bits per heavy atom. The minimum atomic E-state index is 0.392. The second-order valence-corrected chi connectivity index (χ2v) is 7.53. The van der Waals surface area contributed by atoms with Gasteiger partial charge in [0.1, 0.15) is 0 Å². The Kier molecular flexibility index (Phi) is 4.58. The van der Waals surface area contributed by atoms with Crippen LogP contribution in [0.15, 0.2) is 24.3 Å². The van der Waals surface area contributed by atoms with Crippen LogP contribution in [0.1, 0.15) is 52.0 Å². The first kappa shape index (κ1) is 14.9. The van der Waals surface area contributed by atoms with Gasteiger partial charge >= 0.3 is 0 Å². The molecule has 2 heteroatoms. The molecule has 0 spiro atoms. The van der Waals surface area contributed by atoms with E-state index in [-0.39, 0.29) is 0 Å². The van der Waals surface area contributed by atoms with Crippen molar-refractivity contribution in [3.63, 3.8) is 0 Å². The lowest BCUT2D eigenvalue weighted by atomic mass is 9.75. The number of hydrogen-bond acceptors (Lipinski definition) is 1. The second kappa shape index (κ2) is 5.85. The van der Waals surface area contributed by atoms with E-state index in [9.17, 15) is 0 Å². The fraction of sp³-hybridized carbons (Fsp3) is 0.647. The van der Waals surface area contributed by atoms with Gasteiger partial charge in [0, 0.05) is 11.1 Å². The standard InChI is InChI=1S/C17H26ClN/c1-12(17(2,3)4)11-19-16-9-14(10-16)13-6-5-7-15(18)8-13/h5-8,12,14,16,19H,9-11H2,1-4H3. The van der Waals surface area contributed by atoms with Crippen LogP contribution < -0.4 is 5.32 Å². The van der Waals surface area contributed by atoms with E-state index in [1.807, 2.05) is 6.07 Å². The van der Waals surface area contributed by atoms with Gasteiger partial charge in [-0.25, -0.2) is 0 Å². The van der Waals surface area contributed by atoms with Gasteiger partial charge in [0.25, 0.3) is 0 Å². The first-order valence-electron chi connectivity index (χ1n) is 7.35. The molecule has 1 atom stereocenters. The molecule has 1 aliphatic carbocycles. The minimum absolute atomic E-state index is 0.392. The zero-order chi connectivity index (χ0) is 14.0. The molecule has 1 unspecified atom stereocenters. The SMILES string of the molecule is CC(CNC1CC(c2cccc(Cl)c2)C1)C(C)(C)C. The van der Waals surface area contributed by atoms with Crippen LogP contribution in [0.5, 0.6) is 0 Å². The monoisotopic (exact) mass is 279 g/mol. The highest BCUT2D eigenvalue weighted by Gasteiger charge is 2.31. The van der Waals surface area contributed by atoms with E-state index in [0.717, 1.165) is 11.6 Å². The third-order valence-electron chi connectivity index (χ3n) is 4.65. The Morgan fingerprint density at radius 1 is 1.32 bits per heavy atom. The third kappa shape index (κ3) is 3.97. The topological polar surface area (TPSA) is 12.0 Å². The smallest absolute Gasteiger partial charge is 0.0408 e. The average molecular weight is 280 g/mol. The van der Waals surface area contributed by atoms with Gasteiger partial charge in [-0.2, -0.15) is 0 Å². The summed E-state index contributed by atoms with van der Waals surface area (Å²) in [5, 5.41) is 4.56. The van der Waals surface area contributed by atoms with Crippen molar-refractivity contribution in [3.8, 4) is 0 Å². The molecule has 2 rings (SSSR count). The van der Waals surface area contributed by atoms with Gasteiger partial charge in [0.2, 0.25) is 0 Å². The molecule has 0 saturated heterocycles. The summed E-state index contributed by atoms with van der Waals surface area (Å²) >= 11 is 6.04. The molecule has 1 nitrogen and oxygen atoms in total. The quantitative estimate of drug-likeness (QED) is 0.830. The molecule has 0 heterocycles. The Bertz CT molecular complexity index is 416. The number of halogens is 1. The van der Waals surface area contributed by atoms with Crippen LogP contribution >= 0.6 is 11.6 Å². The number of benzene rings is 1. The van der Waals surface area contributed by atoms with Gasteiger partial charge in [-0.15, -0.1) is 0 Å². The highest BCUT2D eigenvalue weighted by molar-refractivity contribution is 6.30. The summed E-state index contributed by atoms with van der Waals surface area (Å²) in [5.74, 6) is 1.40. The first-order chi connectivity index (χ1) is 8.86. The van der Waals surface area contributed by atoms with Crippen LogP contribution in [-0.4, -0.2) is 12.6 Å². The van der Waals surface area contributed by atoms with Crippen molar-refractivity contribution >= 4 is 11.6 Å². The van der Waals surface area contributed by atoms with Crippen molar-refractivity contribution in [2.75, 3.05) is 6.54 Å². The molecule has 1 saturated carbocycles. The van der Waals surface area contributed by atoms with Crippen LogP contribution in [0.3, 0.4) is 0 Å². The highest BCUT2D eigenvalue weighted by atomic mass is 35.5. The zero-order valence-electron chi connectivity index (χ0n) is 12.5. The van der Waals surface area contributed by atoms with E-state index in [1.54, 1.807) is 0 Å². The summed E-state index contributed by atoms with van der Waals surface area (Å²) in [6.45, 7) is 10.4. The van der Waals surface area contributed by atoms with Gasteiger partial charge < -0.3 is 5.32 Å². The van der Waals surface area contributed by atoms with E-state index < -0.39 is 0 Å². The lowest BCUT2D eigenvalue weighted by molar-refractivity contribution is 0.215. The van der Waals surface area contributed by atoms with Gasteiger partial charge in [0.05, 0.1) is 0 Å². The maximum absolute atomic E-state index is 6.04. The summed E-state index contributed by atoms with van der Waals surface area (Å²) in [4.78, 5) is 0. The molecule has 106 valence electrons. The van der Waals surface area contributed by atoms with Crippen molar-refractivity contribution in [1.29, 1.82) is 0 Å². The summed E-state index contributed by atoms with van der Waals surface area (Å²) in [6.07, 6.45) is 2.49. The van der Waals surface area contributed by atoms with Crippen molar-refractivity contribution in [3.05, 3.63) is 34.9 Å². The maximum Gasteiger partial charge on any atom is 0.0408 e. The van der Waals surface area contributed by atoms with Crippen LogP contribution in [-0.2, 0) is 0 Å². The Balaban J connectivity index is 1.75. The average Bonchev–Trinajstić information content (AvgIpc) is 2.25. The predicted octanol–water partition coefficient (Wildman–Crippen LogP) is 4.86. The Morgan fingerprint density at radius 2 is 2.00 bits per heavy atom. The molecule has 1 aromatic rings. The van der Waals surface area contributed by atoms with E-state index in [2.05, 4.69) is 51.2 Å². The number of rotatable bonds is 4. The van der Waals surface area contributed by atoms with Crippen LogP contribution in [0.4, 0.5) is 0 Å². The summed E-state index contributed by atoms with van der Waals surface area (Å²) in [5.41, 5.74) is 1.79. The molecule has 0 bridgehead atoms. The van der Waals surface area contributed by atoms with Gasteiger partial charge in [0.15, 0.2) is 0 Å². The lowest BCUT2D eigenvalue weighted by Crippen LogP contribution is -2.43. The molecule has 1 N–H and O–H groups in total. The first-order valence-corrected chi connectivity index (χ1v) is 7.73. The number of nitrogens with one attached hydrogen (secondary N) is 1. The summed E-state index contributed by atoms with van der Waals surface area (Å²) in [6, 6.07) is 9.00. The maximum atomic E-state index is 6.04. The normalized spacial score (nSPS) is 24.9. The minimum Gasteiger partial charge on any atom is -0.314 e. The molecule has 1 aliphatic rings. The number of hydrogen-bond donors (Lipinski definition) is 1. The fourth-order valence-corrected chi connectivity index (χ4v) is 2.67. The van der Waals surface area contributed by atoms with Crippen LogP contribution in [0, 0.1) is 11.3 Å².